The molecule has 0 aliphatic carbocycles. The summed E-state index contributed by atoms with van der Waals surface area (Å²) in [5, 5.41) is 0. The minimum absolute atomic E-state index is 0.239. The maximum atomic E-state index is 12.1. The third kappa shape index (κ3) is 3.97. The molecule has 1 aromatic rings. The van der Waals surface area contributed by atoms with Gasteiger partial charge in [0.1, 0.15) is 0 Å². The highest BCUT2D eigenvalue weighted by atomic mass is 16.1. The number of hydrogen-bond acceptors (Lipinski definition) is 2. The molecule has 0 saturated carbocycles. The number of carbonyl (C=O) groups excluding carboxylic acids is 1. The molecule has 0 amide bonds. The Bertz CT molecular complexity index is 326. The minimum atomic E-state index is 0.239. The van der Waals surface area contributed by atoms with E-state index in [1.165, 1.54) is 0 Å². The summed E-state index contributed by atoms with van der Waals surface area (Å²) in [4.78, 5) is 14.4. The number of nitrogens with zero attached hydrogens (tertiary/aromatic N) is 1. The molecule has 1 aliphatic heterocycles. The molecule has 0 N–H and O–H groups in total. The maximum absolute atomic E-state index is 12.1. The van der Waals surface area contributed by atoms with Crippen LogP contribution in [0.25, 0.3) is 0 Å². The lowest BCUT2D eigenvalue weighted by atomic mass is 9.89. The molecule has 1 heterocycles. The van der Waals surface area contributed by atoms with E-state index in [2.05, 4.69) is 11.9 Å². The molecule has 1 saturated heterocycles. The summed E-state index contributed by atoms with van der Waals surface area (Å²) in [5.41, 5.74) is 0.868. The fraction of sp³-hybridized carbons (Fsp3) is 0.533. The molecule has 2 nitrogen and oxygen atoms in total. The molecule has 0 spiro atoms. The SMILES string of the molecule is CC.CN1CCC(C(=O)c2ccccc2)CC1. The van der Waals surface area contributed by atoms with Crippen LogP contribution in [0.3, 0.4) is 0 Å². The molecule has 2 heteroatoms. The van der Waals surface area contributed by atoms with Crippen molar-refractivity contribution < 1.29 is 4.79 Å². The number of likely N-dealkylation sites (tertiary alicyclic amines) is 1. The third-order valence-electron chi connectivity index (χ3n) is 3.15. The smallest absolute Gasteiger partial charge is 0.166 e. The highest BCUT2D eigenvalue weighted by Gasteiger charge is 2.23. The third-order valence-corrected chi connectivity index (χ3v) is 3.15. The van der Waals surface area contributed by atoms with Crippen molar-refractivity contribution in [3.63, 3.8) is 0 Å². The van der Waals surface area contributed by atoms with Crippen LogP contribution in [0, 0.1) is 5.92 Å². The van der Waals surface area contributed by atoms with Gasteiger partial charge in [-0.2, -0.15) is 0 Å². The Morgan fingerprint density at radius 1 is 1.12 bits per heavy atom. The van der Waals surface area contributed by atoms with Crippen molar-refractivity contribution in [1.82, 2.24) is 4.90 Å². The highest BCUT2D eigenvalue weighted by Crippen LogP contribution is 2.20. The van der Waals surface area contributed by atoms with Gasteiger partial charge in [-0.05, 0) is 33.0 Å². The summed E-state index contributed by atoms with van der Waals surface area (Å²) in [7, 11) is 2.11. The Morgan fingerprint density at radius 3 is 2.18 bits per heavy atom. The van der Waals surface area contributed by atoms with Gasteiger partial charge < -0.3 is 4.90 Å². The van der Waals surface area contributed by atoms with Gasteiger partial charge in [0.15, 0.2) is 5.78 Å². The molecule has 2 rings (SSSR count). The summed E-state index contributed by atoms with van der Waals surface area (Å²) in [6, 6.07) is 9.65. The predicted octanol–water partition coefficient (Wildman–Crippen LogP) is 3.24. The maximum Gasteiger partial charge on any atom is 0.166 e. The Kier molecular flexibility index (Phi) is 5.92. The van der Waals surface area contributed by atoms with Crippen molar-refractivity contribution >= 4 is 5.78 Å². The standard InChI is InChI=1S/C13H17NO.C2H6/c1-14-9-7-12(8-10-14)13(15)11-5-3-2-4-6-11;1-2/h2-6,12H,7-10H2,1H3;1-2H3. The molecule has 0 unspecified atom stereocenters. The minimum Gasteiger partial charge on any atom is -0.306 e. The van der Waals surface area contributed by atoms with Gasteiger partial charge in [0.05, 0.1) is 0 Å². The normalized spacial score (nSPS) is 17.1. The molecule has 94 valence electrons. The van der Waals surface area contributed by atoms with Crippen LogP contribution >= 0.6 is 0 Å². The summed E-state index contributed by atoms with van der Waals surface area (Å²) in [6.45, 7) is 6.09. The summed E-state index contributed by atoms with van der Waals surface area (Å²) in [6.07, 6.45) is 2.01. The van der Waals surface area contributed by atoms with Crippen molar-refractivity contribution in [2.45, 2.75) is 26.7 Å². The Hall–Kier alpha value is -1.15. The van der Waals surface area contributed by atoms with E-state index in [9.17, 15) is 4.79 Å². The first-order chi connectivity index (χ1) is 8.27. The van der Waals surface area contributed by atoms with Crippen LogP contribution in [0.15, 0.2) is 30.3 Å². The second kappa shape index (κ2) is 7.23. The Balaban J connectivity index is 0.000000686. The molecular weight excluding hydrogens is 210 g/mol. The molecule has 0 radical (unpaired) electrons. The van der Waals surface area contributed by atoms with Crippen LogP contribution < -0.4 is 0 Å². The van der Waals surface area contributed by atoms with Crippen molar-refractivity contribution in [2.24, 2.45) is 5.92 Å². The molecule has 1 aliphatic rings. The van der Waals surface area contributed by atoms with E-state index in [4.69, 9.17) is 0 Å². The Morgan fingerprint density at radius 2 is 1.65 bits per heavy atom. The number of ketones is 1. The summed E-state index contributed by atoms with van der Waals surface area (Å²) in [5.74, 6) is 0.562. The van der Waals surface area contributed by atoms with E-state index in [-0.39, 0.29) is 5.92 Å². The van der Waals surface area contributed by atoms with Gasteiger partial charge in [-0.25, -0.2) is 0 Å². The molecule has 0 aromatic heterocycles. The van der Waals surface area contributed by atoms with Gasteiger partial charge in [0, 0.05) is 11.5 Å². The number of rotatable bonds is 2. The van der Waals surface area contributed by atoms with Gasteiger partial charge in [0.25, 0.3) is 0 Å². The number of Topliss-reactive ketones (excluding diaryl/α,β-unsaturated/α-hetero) is 1. The molecule has 1 aromatic carbocycles. The highest BCUT2D eigenvalue weighted by molar-refractivity contribution is 5.97. The lowest BCUT2D eigenvalue weighted by molar-refractivity contribution is 0.0857. The zero-order valence-corrected chi connectivity index (χ0v) is 11.1. The summed E-state index contributed by atoms with van der Waals surface area (Å²) < 4.78 is 0. The molecule has 17 heavy (non-hydrogen) atoms. The van der Waals surface area contributed by atoms with Crippen LogP contribution in [-0.4, -0.2) is 30.8 Å². The lowest BCUT2D eigenvalue weighted by Gasteiger charge is -2.27. The van der Waals surface area contributed by atoms with E-state index in [0.717, 1.165) is 31.5 Å². The van der Waals surface area contributed by atoms with Crippen molar-refractivity contribution in [2.75, 3.05) is 20.1 Å². The quantitative estimate of drug-likeness (QED) is 0.731. The molecule has 0 atom stereocenters. The first-order valence-electron chi connectivity index (χ1n) is 6.55. The zero-order valence-electron chi connectivity index (χ0n) is 11.1. The monoisotopic (exact) mass is 233 g/mol. The number of carbonyl (C=O) groups is 1. The van der Waals surface area contributed by atoms with E-state index >= 15 is 0 Å². The van der Waals surface area contributed by atoms with E-state index < -0.39 is 0 Å². The second-order valence-electron chi connectivity index (χ2n) is 4.31. The van der Waals surface area contributed by atoms with Crippen molar-refractivity contribution in [1.29, 1.82) is 0 Å². The van der Waals surface area contributed by atoms with Gasteiger partial charge in [0.2, 0.25) is 0 Å². The fourth-order valence-electron chi connectivity index (χ4n) is 2.11. The average molecular weight is 233 g/mol. The van der Waals surface area contributed by atoms with E-state index in [1.807, 2.05) is 44.2 Å². The van der Waals surface area contributed by atoms with Crippen LogP contribution in [0.5, 0.6) is 0 Å². The van der Waals surface area contributed by atoms with Gasteiger partial charge >= 0.3 is 0 Å². The first-order valence-corrected chi connectivity index (χ1v) is 6.55. The average Bonchev–Trinajstić information content (AvgIpc) is 2.42. The lowest BCUT2D eigenvalue weighted by Crippen LogP contribution is -2.33. The van der Waals surface area contributed by atoms with Crippen LogP contribution in [0.2, 0.25) is 0 Å². The number of hydrogen-bond donors (Lipinski definition) is 0. The molecular formula is C15H23NO. The van der Waals surface area contributed by atoms with Gasteiger partial charge in [-0.1, -0.05) is 44.2 Å². The number of piperidine rings is 1. The predicted molar refractivity (Wildman–Crippen MR) is 72.3 cm³/mol. The van der Waals surface area contributed by atoms with E-state index in [0.29, 0.717) is 5.78 Å². The van der Waals surface area contributed by atoms with Gasteiger partial charge in [-0.3, -0.25) is 4.79 Å². The van der Waals surface area contributed by atoms with Crippen LogP contribution in [-0.2, 0) is 0 Å². The molecule has 0 bridgehead atoms. The first kappa shape index (κ1) is 13.9. The topological polar surface area (TPSA) is 20.3 Å². The number of benzene rings is 1. The van der Waals surface area contributed by atoms with E-state index in [1.54, 1.807) is 0 Å². The summed E-state index contributed by atoms with van der Waals surface area (Å²) >= 11 is 0. The largest absolute Gasteiger partial charge is 0.306 e. The van der Waals surface area contributed by atoms with Gasteiger partial charge in [-0.15, -0.1) is 0 Å². The Labute approximate surface area is 105 Å². The van der Waals surface area contributed by atoms with Crippen LogP contribution in [0.4, 0.5) is 0 Å². The van der Waals surface area contributed by atoms with Crippen molar-refractivity contribution in [3.05, 3.63) is 35.9 Å². The van der Waals surface area contributed by atoms with Crippen molar-refractivity contribution in [3.8, 4) is 0 Å². The van der Waals surface area contributed by atoms with Crippen LogP contribution in [0.1, 0.15) is 37.0 Å². The fourth-order valence-corrected chi connectivity index (χ4v) is 2.11. The zero-order chi connectivity index (χ0) is 12.7. The molecule has 1 fully saturated rings. The second-order valence-corrected chi connectivity index (χ2v) is 4.31.